The first kappa shape index (κ1) is 20.1. The van der Waals surface area contributed by atoms with Crippen LogP contribution in [-0.2, 0) is 4.79 Å². The number of nitrogens with one attached hydrogen (secondary N) is 2. The Morgan fingerprint density at radius 1 is 0.966 bits per heavy atom. The molecule has 0 aromatic heterocycles. The number of benzene rings is 2. The lowest BCUT2D eigenvalue weighted by Crippen LogP contribution is -2.54. The van der Waals surface area contributed by atoms with E-state index in [9.17, 15) is 24.3 Å². The summed E-state index contributed by atoms with van der Waals surface area (Å²) in [6.45, 7) is 3.73. The molecular weight excluding hydrogens is 374 g/mol. The quantitative estimate of drug-likeness (QED) is 0.528. The highest BCUT2D eigenvalue weighted by atomic mass is 16.3. The van der Waals surface area contributed by atoms with Crippen LogP contribution in [0.15, 0.2) is 48.5 Å². The SMILES string of the molecule is CC(C)C[C@@H](C(=O)NNC(=O)c1cccc(O)c1)N1C(=O)c2ccccc2C1=O. The molecule has 0 unspecified atom stereocenters. The van der Waals surface area contributed by atoms with E-state index < -0.39 is 29.7 Å². The summed E-state index contributed by atoms with van der Waals surface area (Å²) in [7, 11) is 0. The molecule has 1 atom stereocenters. The highest BCUT2D eigenvalue weighted by molar-refractivity contribution is 6.22. The van der Waals surface area contributed by atoms with E-state index in [-0.39, 0.29) is 34.8 Å². The van der Waals surface area contributed by atoms with Crippen LogP contribution in [0, 0.1) is 5.92 Å². The minimum atomic E-state index is -1.08. The molecule has 0 aliphatic carbocycles. The molecule has 0 radical (unpaired) electrons. The van der Waals surface area contributed by atoms with Crippen LogP contribution >= 0.6 is 0 Å². The van der Waals surface area contributed by atoms with Crippen LogP contribution in [0.2, 0.25) is 0 Å². The van der Waals surface area contributed by atoms with Crippen molar-refractivity contribution >= 4 is 23.6 Å². The summed E-state index contributed by atoms with van der Waals surface area (Å²) >= 11 is 0. The molecule has 1 aliphatic heterocycles. The summed E-state index contributed by atoms with van der Waals surface area (Å²) < 4.78 is 0. The Hall–Kier alpha value is -3.68. The normalized spacial score (nSPS) is 14.0. The minimum absolute atomic E-state index is 0.0110. The van der Waals surface area contributed by atoms with Gasteiger partial charge in [0.05, 0.1) is 11.1 Å². The minimum Gasteiger partial charge on any atom is -0.508 e. The van der Waals surface area contributed by atoms with E-state index in [1.54, 1.807) is 24.3 Å². The summed E-state index contributed by atoms with van der Waals surface area (Å²) in [6, 6.07) is 10.9. The third-order valence-electron chi connectivity index (χ3n) is 4.54. The van der Waals surface area contributed by atoms with Crippen LogP contribution in [0.4, 0.5) is 0 Å². The van der Waals surface area contributed by atoms with Gasteiger partial charge in [-0.2, -0.15) is 0 Å². The maximum absolute atomic E-state index is 12.8. The first-order valence-corrected chi connectivity index (χ1v) is 9.15. The third kappa shape index (κ3) is 4.11. The Morgan fingerprint density at radius 3 is 2.14 bits per heavy atom. The van der Waals surface area contributed by atoms with E-state index in [0.29, 0.717) is 0 Å². The number of hydrogen-bond acceptors (Lipinski definition) is 5. The lowest BCUT2D eigenvalue weighted by Gasteiger charge is -2.26. The molecule has 8 heteroatoms. The van der Waals surface area contributed by atoms with Crippen molar-refractivity contribution in [2.45, 2.75) is 26.3 Å². The molecule has 2 aromatic rings. The molecule has 4 amide bonds. The molecular formula is C21H21N3O5. The number of fused-ring (bicyclic) bond motifs is 1. The molecule has 0 saturated heterocycles. The molecule has 2 aromatic carbocycles. The second kappa shape index (κ2) is 8.14. The molecule has 3 N–H and O–H groups in total. The van der Waals surface area contributed by atoms with Gasteiger partial charge in [0.2, 0.25) is 0 Å². The zero-order valence-corrected chi connectivity index (χ0v) is 16.0. The van der Waals surface area contributed by atoms with Crippen molar-refractivity contribution in [2.75, 3.05) is 0 Å². The van der Waals surface area contributed by atoms with E-state index in [0.717, 1.165) is 4.90 Å². The number of hydrazine groups is 1. The molecule has 29 heavy (non-hydrogen) atoms. The number of phenols is 1. The van der Waals surface area contributed by atoms with Crippen molar-refractivity contribution in [3.63, 3.8) is 0 Å². The van der Waals surface area contributed by atoms with Crippen LogP contribution in [0.1, 0.15) is 51.3 Å². The highest BCUT2D eigenvalue weighted by Gasteiger charge is 2.42. The number of aromatic hydroxyl groups is 1. The van der Waals surface area contributed by atoms with Crippen LogP contribution < -0.4 is 10.9 Å². The van der Waals surface area contributed by atoms with Gasteiger partial charge < -0.3 is 5.11 Å². The smallest absolute Gasteiger partial charge is 0.269 e. The van der Waals surface area contributed by atoms with Gasteiger partial charge in [0.1, 0.15) is 11.8 Å². The molecule has 8 nitrogen and oxygen atoms in total. The topological polar surface area (TPSA) is 116 Å². The monoisotopic (exact) mass is 395 g/mol. The summed E-state index contributed by atoms with van der Waals surface area (Å²) in [5, 5.41) is 9.47. The van der Waals surface area contributed by atoms with Gasteiger partial charge in [0, 0.05) is 5.56 Å². The number of imide groups is 1. The number of carbonyl (C=O) groups excluding carboxylic acids is 4. The Balaban J connectivity index is 1.77. The second-order valence-corrected chi connectivity index (χ2v) is 7.16. The van der Waals surface area contributed by atoms with E-state index in [4.69, 9.17) is 0 Å². The average Bonchev–Trinajstić information content (AvgIpc) is 2.94. The molecule has 3 rings (SSSR count). The Kier molecular flexibility index (Phi) is 5.63. The first-order valence-electron chi connectivity index (χ1n) is 9.15. The molecule has 1 heterocycles. The number of rotatable bonds is 5. The zero-order valence-electron chi connectivity index (χ0n) is 16.0. The number of amides is 4. The van der Waals surface area contributed by atoms with Crippen LogP contribution in [0.3, 0.4) is 0 Å². The first-order chi connectivity index (χ1) is 13.8. The zero-order chi connectivity index (χ0) is 21.1. The van der Waals surface area contributed by atoms with Crippen molar-refractivity contribution < 1.29 is 24.3 Å². The van der Waals surface area contributed by atoms with E-state index >= 15 is 0 Å². The lowest BCUT2D eigenvalue weighted by molar-refractivity contribution is -0.126. The standard InChI is InChI=1S/C21H21N3O5/c1-12(2)10-17(24-20(28)15-8-3-4-9-16(15)21(24)29)19(27)23-22-18(26)13-6-5-7-14(25)11-13/h3-9,11-12,17,25H,10H2,1-2H3,(H,22,26)(H,23,27)/t17-/m0/s1. The van der Waals surface area contributed by atoms with Gasteiger partial charge in [-0.15, -0.1) is 0 Å². The third-order valence-corrected chi connectivity index (χ3v) is 4.54. The summed E-state index contributed by atoms with van der Waals surface area (Å²) in [5.41, 5.74) is 5.19. The number of hydrogen-bond donors (Lipinski definition) is 3. The molecule has 0 saturated carbocycles. The molecule has 1 aliphatic rings. The summed E-state index contributed by atoms with van der Waals surface area (Å²) in [4.78, 5) is 51.4. The summed E-state index contributed by atoms with van der Waals surface area (Å²) in [6.07, 6.45) is 0.235. The largest absolute Gasteiger partial charge is 0.508 e. The second-order valence-electron chi connectivity index (χ2n) is 7.16. The van der Waals surface area contributed by atoms with Gasteiger partial charge in [-0.3, -0.25) is 34.9 Å². The van der Waals surface area contributed by atoms with Gasteiger partial charge in [-0.05, 0) is 42.7 Å². The van der Waals surface area contributed by atoms with Crippen molar-refractivity contribution in [3.05, 3.63) is 65.2 Å². The Morgan fingerprint density at radius 2 is 1.59 bits per heavy atom. The summed E-state index contributed by atoms with van der Waals surface area (Å²) in [5.74, 6) is -2.47. The fourth-order valence-electron chi connectivity index (χ4n) is 3.19. The van der Waals surface area contributed by atoms with E-state index in [2.05, 4.69) is 10.9 Å². The van der Waals surface area contributed by atoms with Crippen molar-refractivity contribution in [3.8, 4) is 5.75 Å². The maximum atomic E-state index is 12.8. The Bertz CT molecular complexity index is 951. The van der Waals surface area contributed by atoms with Gasteiger partial charge in [-0.25, -0.2) is 0 Å². The average molecular weight is 395 g/mol. The van der Waals surface area contributed by atoms with Gasteiger partial charge in [0.25, 0.3) is 23.6 Å². The Labute approximate surface area is 167 Å². The lowest BCUT2D eigenvalue weighted by atomic mass is 10.0. The van der Waals surface area contributed by atoms with Crippen LogP contribution in [0.25, 0.3) is 0 Å². The predicted octanol–water partition coefficient (Wildman–Crippen LogP) is 1.86. The fraction of sp³-hybridized carbons (Fsp3) is 0.238. The highest BCUT2D eigenvalue weighted by Crippen LogP contribution is 2.26. The molecule has 0 spiro atoms. The van der Waals surface area contributed by atoms with Crippen molar-refractivity contribution in [1.29, 1.82) is 0 Å². The van der Waals surface area contributed by atoms with Crippen molar-refractivity contribution in [1.82, 2.24) is 15.8 Å². The number of carbonyl (C=O) groups is 4. The van der Waals surface area contributed by atoms with Gasteiger partial charge in [0.15, 0.2) is 0 Å². The van der Waals surface area contributed by atoms with Crippen LogP contribution in [-0.4, -0.2) is 39.7 Å². The van der Waals surface area contributed by atoms with Gasteiger partial charge in [-0.1, -0.05) is 32.0 Å². The molecule has 0 bridgehead atoms. The molecule has 150 valence electrons. The fourth-order valence-corrected chi connectivity index (χ4v) is 3.19. The van der Waals surface area contributed by atoms with E-state index in [1.807, 2.05) is 13.8 Å². The van der Waals surface area contributed by atoms with E-state index in [1.165, 1.54) is 24.3 Å². The predicted molar refractivity (Wildman–Crippen MR) is 104 cm³/mol. The number of nitrogens with zero attached hydrogens (tertiary/aromatic N) is 1. The van der Waals surface area contributed by atoms with Crippen LogP contribution in [0.5, 0.6) is 5.75 Å². The molecule has 0 fully saturated rings. The number of phenolic OH excluding ortho intramolecular Hbond substituents is 1. The van der Waals surface area contributed by atoms with Crippen molar-refractivity contribution in [2.24, 2.45) is 5.92 Å². The van der Waals surface area contributed by atoms with Gasteiger partial charge >= 0.3 is 0 Å². The maximum Gasteiger partial charge on any atom is 0.269 e.